The number of nitrogens with one attached hydrogen (secondary N) is 1. The van der Waals surface area contributed by atoms with Crippen LogP contribution in [0, 0.1) is 0 Å². The van der Waals surface area contributed by atoms with Crippen LogP contribution < -0.4 is 15.8 Å². The average Bonchev–Trinajstić information content (AvgIpc) is 3.40. The summed E-state index contributed by atoms with van der Waals surface area (Å²) in [5, 5.41) is 2.92. The second-order valence-corrected chi connectivity index (χ2v) is 7.72. The van der Waals surface area contributed by atoms with Crippen molar-refractivity contribution in [2.24, 2.45) is 0 Å². The van der Waals surface area contributed by atoms with Crippen molar-refractivity contribution in [1.29, 1.82) is 0 Å². The van der Waals surface area contributed by atoms with Gasteiger partial charge >= 0.3 is 5.76 Å². The van der Waals surface area contributed by atoms with E-state index in [1.54, 1.807) is 25.1 Å². The van der Waals surface area contributed by atoms with Gasteiger partial charge in [-0.2, -0.15) is 0 Å². The highest BCUT2D eigenvalue weighted by atomic mass is 16.5. The third-order valence-corrected chi connectivity index (χ3v) is 5.73. The van der Waals surface area contributed by atoms with E-state index < -0.39 is 11.8 Å². The van der Waals surface area contributed by atoms with E-state index in [-0.39, 0.29) is 5.91 Å². The number of aromatic nitrogens is 1. The lowest BCUT2D eigenvalue weighted by molar-refractivity contribution is -0.124. The molecule has 5 rings (SSSR count). The van der Waals surface area contributed by atoms with Crippen molar-refractivity contribution in [2.75, 3.05) is 6.61 Å². The molecule has 1 aromatic heterocycles. The molecule has 6 nitrogen and oxygen atoms in total. The van der Waals surface area contributed by atoms with E-state index in [1.165, 1.54) is 10.1 Å². The number of rotatable bonds is 5. The molecule has 0 fully saturated rings. The van der Waals surface area contributed by atoms with Crippen molar-refractivity contribution in [3.05, 3.63) is 88.4 Å². The van der Waals surface area contributed by atoms with Crippen LogP contribution in [0.5, 0.6) is 5.75 Å². The van der Waals surface area contributed by atoms with Crippen molar-refractivity contribution in [2.45, 2.75) is 25.9 Å². The summed E-state index contributed by atoms with van der Waals surface area (Å²) in [4.78, 5) is 24.9. The topological polar surface area (TPSA) is 73.5 Å². The number of amides is 1. The van der Waals surface area contributed by atoms with Crippen LogP contribution in [0.25, 0.3) is 22.2 Å². The summed E-state index contributed by atoms with van der Waals surface area (Å²) in [5.41, 5.74) is 5.58. The molecule has 1 amide bonds. The Kier molecular flexibility index (Phi) is 4.82. The molecule has 0 saturated heterocycles. The largest absolute Gasteiger partial charge is 0.493 e. The monoisotopic (exact) mass is 414 g/mol. The first kappa shape index (κ1) is 19.2. The lowest BCUT2D eigenvalue weighted by atomic mass is 10.0. The second kappa shape index (κ2) is 7.80. The van der Waals surface area contributed by atoms with Crippen LogP contribution in [0.15, 0.2) is 75.9 Å². The van der Waals surface area contributed by atoms with Gasteiger partial charge in [-0.05, 0) is 53.4 Å². The third-order valence-electron chi connectivity index (χ3n) is 5.73. The molecule has 31 heavy (non-hydrogen) atoms. The number of fused-ring (bicyclic) bond motifs is 2. The molecule has 1 unspecified atom stereocenters. The third kappa shape index (κ3) is 3.61. The van der Waals surface area contributed by atoms with Gasteiger partial charge < -0.3 is 14.5 Å². The first-order chi connectivity index (χ1) is 15.1. The van der Waals surface area contributed by atoms with Gasteiger partial charge in [-0.15, -0.1) is 0 Å². The zero-order valence-corrected chi connectivity index (χ0v) is 17.1. The van der Waals surface area contributed by atoms with E-state index in [9.17, 15) is 9.59 Å². The second-order valence-electron chi connectivity index (χ2n) is 7.72. The van der Waals surface area contributed by atoms with Gasteiger partial charge in [0.15, 0.2) is 5.58 Å². The highest BCUT2D eigenvalue weighted by Gasteiger charge is 2.21. The number of carbonyl (C=O) groups is 1. The molecule has 2 heterocycles. The fraction of sp³-hybridized carbons (Fsp3) is 0.200. The SMILES string of the molecule is CC(C(=O)NCc1ccc(-c2ccc3c(c2)CCO3)cc1)n1c(=O)oc2ccccc21. The van der Waals surface area contributed by atoms with E-state index in [0.717, 1.165) is 35.5 Å². The summed E-state index contributed by atoms with van der Waals surface area (Å²) in [6, 6.07) is 20.8. The van der Waals surface area contributed by atoms with Gasteiger partial charge in [0, 0.05) is 13.0 Å². The molecule has 1 atom stereocenters. The lowest BCUT2D eigenvalue weighted by Gasteiger charge is -2.13. The number of hydrogen-bond donors (Lipinski definition) is 1. The summed E-state index contributed by atoms with van der Waals surface area (Å²) in [6.07, 6.45) is 0.945. The van der Waals surface area contributed by atoms with Crippen molar-refractivity contribution in [1.82, 2.24) is 9.88 Å². The molecule has 0 saturated carbocycles. The number of oxazole rings is 1. The number of nitrogens with zero attached hydrogens (tertiary/aromatic N) is 1. The van der Waals surface area contributed by atoms with Gasteiger partial charge in [-0.25, -0.2) is 4.79 Å². The molecule has 0 radical (unpaired) electrons. The number of carbonyl (C=O) groups excluding carboxylic acids is 1. The normalized spacial score (nSPS) is 13.6. The maximum Gasteiger partial charge on any atom is 0.420 e. The summed E-state index contributed by atoms with van der Waals surface area (Å²) in [7, 11) is 0. The van der Waals surface area contributed by atoms with Crippen LogP contribution in [0.4, 0.5) is 0 Å². The number of hydrogen-bond acceptors (Lipinski definition) is 4. The minimum atomic E-state index is -0.677. The van der Waals surface area contributed by atoms with Crippen LogP contribution in [0.1, 0.15) is 24.1 Å². The molecule has 156 valence electrons. The maximum absolute atomic E-state index is 12.7. The molecule has 1 aliphatic heterocycles. The molecular formula is C25H22N2O4. The summed E-state index contributed by atoms with van der Waals surface area (Å²) in [6.45, 7) is 2.82. The molecule has 1 N–H and O–H groups in total. The Morgan fingerprint density at radius 2 is 1.84 bits per heavy atom. The minimum absolute atomic E-state index is 0.239. The predicted molar refractivity (Wildman–Crippen MR) is 118 cm³/mol. The van der Waals surface area contributed by atoms with Crippen LogP contribution >= 0.6 is 0 Å². The first-order valence-corrected chi connectivity index (χ1v) is 10.3. The molecule has 0 spiro atoms. The zero-order valence-electron chi connectivity index (χ0n) is 17.1. The van der Waals surface area contributed by atoms with Crippen LogP contribution in [0.3, 0.4) is 0 Å². The van der Waals surface area contributed by atoms with Crippen LogP contribution in [0.2, 0.25) is 0 Å². The number of ether oxygens (including phenoxy) is 1. The first-order valence-electron chi connectivity index (χ1n) is 10.3. The Hall–Kier alpha value is -3.80. The van der Waals surface area contributed by atoms with Gasteiger partial charge in [-0.3, -0.25) is 9.36 Å². The van der Waals surface area contributed by atoms with Crippen molar-refractivity contribution in [3.63, 3.8) is 0 Å². The summed E-state index contributed by atoms with van der Waals surface area (Å²) in [5.74, 6) is 0.200. The van der Waals surface area contributed by atoms with Gasteiger partial charge in [0.2, 0.25) is 5.91 Å². The number of para-hydroxylation sites is 2. The van der Waals surface area contributed by atoms with Crippen molar-refractivity contribution >= 4 is 17.0 Å². The van der Waals surface area contributed by atoms with Crippen LogP contribution in [-0.2, 0) is 17.8 Å². The fourth-order valence-electron chi connectivity index (χ4n) is 3.99. The Bertz CT molecular complexity index is 1320. The molecule has 3 aromatic carbocycles. The van der Waals surface area contributed by atoms with E-state index >= 15 is 0 Å². The predicted octanol–water partition coefficient (Wildman–Crippen LogP) is 4.07. The van der Waals surface area contributed by atoms with Gasteiger partial charge in [0.25, 0.3) is 0 Å². The minimum Gasteiger partial charge on any atom is -0.493 e. The van der Waals surface area contributed by atoms with Gasteiger partial charge in [0.1, 0.15) is 11.8 Å². The highest BCUT2D eigenvalue weighted by molar-refractivity contribution is 5.83. The van der Waals surface area contributed by atoms with Crippen molar-refractivity contribution < 1.29 is 13.9 Å². The number of benzene rings is 3. The average molecular weight is 414 g/mol. The summed E-state index contributed by atoms with van der Waals surface area (Å²) < 4.78 is 12.2. The van der Waals surface area contributed by atoms with E-state index in [4.69, 9.17) is 9.15 Å². The fourth-order valence-corrected chi connectivity index (χ4v) is 3.99. The van der Waals surface area contributed by atoms with E-state index in [1.807, 2.05) is 24.3 Å². The molecule has 1 aliphatic rings. The van der Waals surface area contributed by atoms with E-state index in [0.29, 0.717) is 17.6 Å². The van der Waals surface area contributed by atoms with Gasteiger partial charge in [0.05, 0.1) is 12.1 Å². The highest BCUT2D eigenvalue weighted by Crippen LogP contribution is 2.30. The Balaban J connectivity index is 1.27. The van der Waals surface area contributed by atoms with Crippen molar-refractivity contribution in [3.8, 4) is 16.9 Å². The Morgan fingerprint density at radius 1 is 1.06 bits per heavy atom. The molecule has 0 bridgehead atoms. The van der Waals surface area contributed by atoms with Crippen LogP contribution in [-0.4, -0.2) is 17.1 Å². The lowest BCUT2D eigenvalue weighted by Crippen LogP contribution is -2.34. The molecule has 6 heteroatoms. The summed E-state index contributed by atoms with van der Waals surface area (Å²) >= 11 is 0. The quantitative estimate of drug-likeness (QED) is 0.534. The smallest absolute Gasteiger partial charge is 0.420 e. The molecular weight excluding hydrogens is 392 g/mol. The Morgan fingerprint density at radius 3 is 2.68 bits per heavy atom. The zero-order chi connectivity index (χ0) is 21.4. The standard InChI is InChI=1S/C25H22N2O4/c1-16(27-21-4-2-3-5-23(21)31-25(27)29)24(28)26-15-17-6-8-18(9-7-17)19-10-11-22-20(14-19)12-13-30-22/h2-11,14,16H,12-13,15H2,1H3,(H,26,28). The Labute approximate surface area is 179 Å². The van der Waals surface area contributed by atoms with E-state index in [2.05, 4.69) is 29.6 Å². The maximum atomic E-state index is 12.7. The van der Waals surface area contributed by atoms with Gasteiger partial charge in [-0.1, -0.05) is 42.5 Å². The molecule has 0 aliphatic carbocycles. The molecule has 4 aromatic rings.